The lowest BCUT2D eigenvalue weighted by Crippen LogP contribution is -2.19. The second kappa shape index (κ2) is 5.82. The molecule has 3 heteroatoms. The summed E-state index contributed by atoms with van der Waals surface area (Å²) < 4.78 is 5.47. The van der Waals surface area contributed by atoms with E-state index in [-0.39, 0.29) is 5.41 Å². The van der Waals surface area contributed by atoms with Crippen molar-refractivity contribution in [1.29, 1.82) is 0 Å². The molecule has 1 heterocycles. The number of benzene rings is 2. The van der Waals surface area contributed by atoms with E-state index in [1.807, 2.05) is 19.1 Å². The van der Waals surface area contributed by atoms with E-state index in [1.54, 1.807) is 7.11 Å². The van der Waals surface area contributed by atoms with E-state index in [0.29, 0.717) is 0 Å². The van der Waals surface area contributed by atoms with E-state index in [0.717, 1.165) is 34.6 Å². The molecule has 2 aromatic carbocycles. The standard InChI is InChI=1S/C21H22N2O/c1-15-13-18(17-9-6-10-19(24-2)20(17)23-15)22-14-21(11-12-21)16-7-4-3-5-8-16/h3-10,13H,11-12,14H2,1-2H3,(H,22,23). The first kappa shape index (κ1) is 15.0. The van der Waals surface area contributed by atoms with Gasteiger partial charge in [0.2, 0.25) is 0 Å². The summed E-state index contributed by atoms with van der Waals surface area (Å²) in [5.74, 6) is 0.823. The van der Waals surface area contributed by atoms with Crippen molar-refractivity contribution in [3.8, 4) is 5.75 Å². The van der Waals surface area contributed by atoms with Crippen LogP contribution in [-0.4, -0.2) is 18.6 Å². The number of methoxy groups -OCH3 is 1. The van der Waals surface area contributed by atoms with Crippen molar-refractivity contribution in [1.82, 2.24) is 4.98 Å². The highest BCUT2D eigenvalue weighted by Gasteiger charge is 2.43. The molecule has 24 heavy (non-hydrogen) atoms. The fraction of sp³-hybridized carbons (Fsp3) is 0.286. The highest BCUT2D eigenvalue weighted by molar-refractivity contribution is 5.95. The summed E-state index contributed by atoms with van der Waals surface area (Å²) in [6, 6.07) is 19.1. The van der Waals surface area contributed by atoms with Crippen LogP contribution < -0.4 is 10.1 Å². The number of aromatic nitrogens is 1. The van der Waals surface area contributed by atoms with E-state index in [2.05, 4.69) is 52.8 Å². The van der Waals surface area contributed by atoms with Crippen molar-refractivity contribution < 1.29 is 4.74 Å². The largest absolute Gasteiger partial charge is 0.494 e. The van der Waals surface area contributed by atoms with Crippen LogP contribution in [0, 0.1) is 6.92 Å². The van der Waals surface area contributed by atoms with E-state index < -0.39 is 0 Å². The van der Waals surface area contributed by atoms with Gasteiger partial charge in [-0.15, -0.1) is 0 Å². The maximum atomic E-state index is 5.47. The van der Waals surface area contributed by atoms with Crippen LogP contribution >= 0.6 is 0 Å². The minimum absolute atomic E-state index is 0.281. The van der Waals surface area contributed by atoms with Gasteiger partial charge in [-0.25, -0.2) is 4.98 Å². The van der Waals surface area contributed by atoms with Gasteiger partial charge in [0.25, 0.3) is 0 Å². The molecule has 1 aliphatic carbocycles. The first-order valence-electron chi connectivity index (χ1n) is 8.46. The van der Waals surface area contributed by atoms with Gasteiger partial charge in [-0.3, -0.25) is 0 Å². The third-order valence-electron chi connectivity index (χ3n) is 5.01. The molecule has 0 unspecified atom stereocenters. The number of nitrogens with one attached hydrogen (secondary N) is 1. The van der Waals surface area contributed by atoms with Crippen molar-refractivity contribution in [2.24, 2.45) is 0 Å². The Kier molecular flexibility index (Phi) is 3.64. The number of rotatable bonds is 5. The average Bonchev–Trinajstić information content (AvgIpc) is 3.41. The minimum Gasteiger partial charge on any atom is -0.494 e. The molecular weight excluding hydrogens is 296 g/mol. The van der Waals surface area contributed by atoms with Gasteiger partial charge in [0.1, 0.15) is 11.3 Å². The highest BCUT2D eigenvalue weighted by atomic mass is 16.5. The zero-order valence-corrected chi connectivity index (χ0v) is 14.2. The van der Waals surface area contributed by atoms with Gasteiger partial charge >= 0.3 is 0 Å². The molecule has 1 aliphatic rings. The number of fused-ring (bicyclic) bond motifs is 1. The number of nitrogens with zero attached hydrogens (tertiary/aromatic N) is 1. The van der Waals surface area contributed by atoms with Crippen LogP contribution in [-0.2, 0) is 5.41 Å². The minimum atomic E-state index is 0.281. The maximum absolute atomic E-state index is 5.47. The fourth-order valence-corrected chi connectivity index (χ4v) is 3.44. The molecule has 0 atom stereocenters. The lowest BCUT2D eigenvalue weighted by atomic mass is 9.96. The third-order valence-corrected chi connectivity index (χ3v) is 5.01. The van der Waals surface area contributed by atoms with Crippen molar-refractivity contribution in [2.45, 2.75) is 25.2 Å². The molecule has 0 amide bonds. The smallest absolute Gasteiger partial charge is 0.145 e. The Morgan fingerprint density at radius 2 is 1.88 bits per heavy atom. The summed E-state index contributed by atoms with van der Waals surface area (Å²) in [7, 11) is 1.69. The van der Waals surface area contributed by atoms with Crippen LogP contribution in [0.5, 0.6) is 5.75 Å². The van der Waals surface area contributed by atoms with Gasteiger partial charge in [-0.1, -0.05) is 42.5 Å². The molecule has 1 N–H and O–H groups in total. The Balaban J connectivity index is 1.66. The van der Waals surface area contributed by atoms with Gasteiger partial charge in [-0.2, -0.15) is 0 Å². The lowest BCUT2D eigenvalue weighted by Gasteiger charge is -2.19. The zero-order chi connectivity index (χ0) is 16.6. The number of hydrogen-bond acceptors (Lipinski definition) is 3. The van der Waals surface area contributed by atoms with Crippen molar-refractivity contribution in [2.75, 3.05) is 19.0 Å². The van der Waals surface area contributed by atoms with Crippen molar-refractivity contribution >= 4 is 16.6 Å². The summed E-state index contributed by atoms with van der Waals surface area (Å²) in [5, 5.41) is 4.80. The molecule has 1 saturated carbocycles. The molecule has 1 aromatic heterocycles. The number of para-hydroxylation sites is 1. The summed E-state index contributed by atoms with van der Waals surface area (Å²) >= 11 is 0. The van der Waals surface area contributed by atoms with E-state index >= 15 is 0 Å². The lowest BCUT2D eigenvalue weighted by molar-refractivity contribution is 0.419. The van der Waals surface area contributed by atoms with E-state index in [4.69, 9.17) is 4.74 Å². The van der Waals surface area contributed by atoms with Crippen LogP contribution in [0.4, 0.5) is 5.69 Å². The Morgan fingerprint density at radius 3 is 2.58 bits per heavy atom. The molecule has 4 rings (SSSR count). The van der Waals surface area contributed by atoms with Crippen LogP contribution in [0.15, 0.2) is 54.6 Å². The fourth-order valence-electron chi connectivity index (χ4n) is 3.44. The van der Waals surface area contributed by atoms with Crippen molar-refractivity contribution in [3.63, 3.8) is 0 Å². The number of ether oxygens (including phenoxy) is 1. The predicted molar refractivity (Wildman–Crippen MR) is 98.9 cm³/mol. The van der Waals surface area contributed by atoms with Crippen LogP contribution in [0.1, 0.15) is 24.1 Å². The van der Waals surface area contributed by atoms with E-state index in [9.17, 15) is 0 Å². The second-order valence-corrected chi connectivity index (χ2v) is 6.67. The molecule has 122 valence electrons. The highest BCUT2D eigenvalue weighted by Crippen LogP contribution is 2.48. The molecule has 3 aromatic rings. The molecule has 0 radical (unpaired) electrons. The number of pyridine rings is 1. The Labute approximate surface area is 142 Å². The van der Waals surface area contributed by atoms with Crippen LogP contribution in [0.2, 0.25) is 0 Å². The van der Waals surface area contributed by atoms with Gasteiger partial charge in [0.15, 0.2) is 0 Å². The summed E-state index contributed by atoms with van der Waals surface area (Å²) in [5.41, 5.74) is 4.78. The number of anilines is 1. The summed E-state index contributed by atoms with van der Waals surface area (Å²) in [6.45, 7) is 2.98. The van der Waals surface area contributed by atoms with Crippen LogP contribution in [0.25, 0.3) is 10.9 Å². The predicted octanol–water partition coefficient (Wildman–Crippen LogP) is 4.70. The van der Waals surface area contributed by atoms with Gasteiger partial charge in [0.05, 0.1) is 7.11 Å². The Hall–Kier alpha value is -2.55. The number of hydrogen-bond donors (Lipinski definition) is 1. The first-order chi connectivity index (χ1) is 11.7. The second-order valence-electron chi connectivity index (χ2n) is 6.67. The van der Waals surface area contributed by atoms with Crippen molar-refractivity contribution in [3.05, 3.63) is 65.9 Å². The summed E-state index contributed by atoms with van der Waals surface area (Å²) in [6.07, 6.45) is 2.49. The summed E-state index contributed by atoms with van der Waals surface area (Å²) in [4.78, 5) is 4.66. The molecule has 0 aliphatic heterocycles. The van der Waals surface area contributed by atoms with Gasteiger partial charge < -0.3 is 10.1 Å². The molecule has 3 nitrogen and oxygen atoms in total. The van der Waals surface area contributed by atoms with E-state index in [1.165, 1.54) is 18.4 Å². The van der Waals surface area contributed by atoms with Crippen LogP contribution in [0.3, 0.4) is 0 Å². The normalized spacial score (nSPS) is 15.2. The molecular formula is C21H22N2O. The molecule has 0 saturated heterocycles. The Morgan fingerprint density at radius 1 is 1.08 bits per heavy atom. The monoisotopic (exact) mass is 318 g/mol. The number of aryl methyl sites for hydroxylation is 1. The Bertz CT molecular complexity index is 870. The topological polar surface area (TPSA) is 34.1 Å². The average molecular weight is 318 g/mol. The SMILES string of the molecule is COc1cccc2c(NCC3(c4ccccc4)CC3)cc(C)nc12. The molecule has 1 fully saturated rings. The maximum Gasteiger partial charge on any atom is 0.145 e. The third kappa shape index (κ3) is 2.60. The quantitative estimate of drug-likeness (QED) is 0.740. The molecule has 0 spiro atoms. The van der Waals surface area contributed by atoms with Gasteiger partial charge in [0, 0.05) is 28.7 Å². The zero-order valence-electron chi connectivity index (χ0n) is 14.2. The first-order valence-corrected chi connectivity index (χ1v) is 8.46. The van der Waals surface area contributed by atoms with Gasteiger partial charge in [-0.05, 0) is 37.5 Å². The molecule has 0 bridgehead atoms.